The van der Waals surface area contributed by atoms with Crippen molar-refractivity contribution in [3.8, 4) is 0 Å². The number of piperazine rings is 1. The van der Waals surface area contributed by atoms with Crippen molar-refractivity contribution >= 4 is 5.91 Å². The number of carbonyl (C=O) groups is 1. The Morgan fingerprint density at radius 1 is 0.929 bits per heavy atom. The van der Waals surface area contributed by atoms with E-state index in [2.05, 4.69) is 15.1 Å². The quantitative estimate of drug-likeness (QED) is 0.839. The van der Waals surface area contributed by atoms with Crippen molar-refractivity contribution in [2.24, 2.45) is 5.92 Å². The summed E-state index contributed by atoms with van der Waals surface area (Å²) < 4.78 is 13.0. The van der Waals surface area contributed by atoms with Gasteiger partial charge in [0.25, 0.3) is 0 Å². The van der Waals surface area contributed by atoms with E-state index >= 15 is 0 Å². The molecule has 3 fully saturated rings. The van der Waals surface area contributed by atoms with E-state index in [0.29, 0.717) is 11.9 Å². The van der Waals surface area contributed by atoms with Crippen LogP contribution in [0.4, 0.5) is 4.39 Å². The summed E-state index contributed by atoms with van der Waals surface area (Å²) in [5.41, 5.74) is 1.11. The fourth-order valence-corrected chi connectivity index (χ4v) is 5.24. The summed E-state index contributed by atoms with van der Waals surface area (Å²) in [4.78, 5) is 17.7. The third kappa shape index (κ3) is 4.93. The van der Waals surface area contributed by atoms with E-state index in [4.69, 9.17) is 0 Å². The van der Waals surface area contributed by atoms with Crippen molar-refractivity contribution in [2.75, 3.05) is 26.2 Å². The minimum Gasteiger partial charge on any atom is -0.340 e. The maximum absolute atomic E-state index is 13.0. The van der Waals surface area contributed by atoms with E-state index in [-0.39, 0.29) is 11.7 Å². The summed E-state index contributed by atoms with van der Waals surface area (Å²) >= 11 is 0. The summed E-state index contributed by atoms with van der Waals surface area (Å²) in [6, 6.07) is 7.94. The van der Waals surface area contributed by atoms with Gasteiger partial charge in [-0.3, -0.25) is 9.69 Å². The predicted octanol–water partition coefficient (Wildman–Crippen LogP) is 3.56. The number of benzene rings is 1. The number of hydrogen-bond donors (Lipinski definition) is 1. The van der Waals surface area contributed by atoms with Crippen LogP contribution in [0.2, 0.25) is 0 Å². The van der Waals surface area contributed by atoms with Crippen LogP contribution < -0.4 is 5.32 Å². The highest BCUT2D eigenvalue weighted by Gasteiger charge is 2.32. The summed E-state index contributed by atoms with van der Waals surface area (Å²) in [5, 5.41) is 3.58. The number of carbonyl (C=O) groups excluding carboxylic acids is 1. The Hall–Kier alpha value is -1.46. The molecular formula is C23H34FN3O. The van der Waals surface area contributed by atoms with Crippen molar-refractivity contribution in [3.05, 3.63) is 35.6 Å². The second-order valence-corrected chi connectivity index (χ2v) is 8.86. The molecule has 2 aliphatic carbocycles. The molecule has 0 atom stereocenters. The van der Waals surface area contributed by atoms with Crippen LogP contribution in [-0.2, 0) is 11.3 Å². The van der Waals surface area contributed by atoms with Gasteiger partial charge in [0.15, 0.2) is 0 Å². The lowest BCUT2D eigenvalue weighted by Gasteiger charge is -2.40. The average molecular weight is 388 g/mol. The first-order valence-electron chi connectivity index (χ1n) is 11.2. The molecule has 4 nitrogen and oxygen atoms in total. The maximum Gasteiger partial charge on any atom is 0.225 e. The lowest BCUT2D eigenvalue weighted by Crippen LogP contribution is -2.53. The van der Waals surface area contributed by atoms with Gasteiger partial charge in [-0.15, -0.1) is 0 Å². The van der Waals surface area contributed by atoms with E-state index in [1.807, 2.05) is 12.1 Å². The van der Waals surface area contributed by atoms with Crippen LogP contribution in [0.3, 0.4) is 0 Å². The van der Waals surface area contributed by atoms with Crippen LogP contribution in [0, 0.1) is 11.7 Å². The number of halogens is 1. The molecule has 28 heavy (non-hydrogen) atoms. The van der Waals surface area contributed by atoms with Crippen molar-refractivity contribution in [2.45, 2.75) is 70.0 Å². The Bertz CT molecular complexity index is 628. The molecule has 2 saturated carbocycles. The molecular weight excluding hydrogens is 353 g/mol. The third-order valence-electron chi connectivity index (χ3n) is 7.05. The molecule has 1 aromatic carbocycles. The van der Waals surface area contributed by atoms with Gasteiger partial charge in [0.2, 0.25) is 5.91 Å². The number of rotatable bonds is 5. The monoisotopic (exact) mass is 387 g/mol. The molecule has 1 aliphatic heterocycles. The highest BCUT2D eigenvalue weighted by molar-refractivity contribution is 5.79. The zero-order valence-electron chi connectivity index (χ0n) is 16.9. The van der Waals surface area contributed by atoms with Crippen molar-refractivity contribution in [3.63, 3.8) is 0 Å². The molecule has 0 bridgehead atoms. The molecule has 0 radical (unpaired) electrons. The van der Waals surface area contributed by atoms with E-state index in [1.54, 1.807) is 0 Å². The van der Waals surface area contributed by atoms with E-state index in [1.165, 1.54) is 37.8 Å². The number of hydrogen-bond acceptors (Lipinski definition) is 3. The summed E-state index contributed by atoms with van der Waals surface area (Å²) in [6.07, 6.45) is 9.54. The molecule has 0 aromatic heterocycles. The fraction of sp³-hybridized carbons (Fsp3) is 0.696. The lowest BCUT2D eigenvalue weighted by atomic mass is 9.85. The molecule has 3 aliphatic rings. The van der Waals surface area contributed by atoms with Crippen LogP contribution >= 0.6 is 0 Å². The first-order chi connectivity index (χ1) is 13.7. The summed E-state index contributed by atoms with van der Waals surface area (Å²) in [5.74, 6) is 0.414. The zero-order chi connectivity index (χ0) is 19.3. The first-order valence-corrected chi connectivity index (χ1v) is 11.2. The molecule has 1 amide bonds. The van der Waals surface area contributed by atoms with Crippen molar-refractivity contribution in [1.82, 2.24) is 15.1 Å². The van der Waals surface area contributed by atoms with Gasteiger partial charge < -0.3 is 10.2 Å². The van der Waals surface area contributed by atoms with Gasteiger partial charge in [-0.2, -0.15) is 0 Å². The van der Waals surface area contributed by atoms with Crippen molar-refractivity contribution in [1.29, 1.82) is 0 Å². The Kier molecular flexibility index (Phi) is 6.63. The third-order valence-corrected chi connectivity index (χ3v) is 7.05. The maximum atomic E-state index is 13.0. The topological polar surface area (TPSA) is 35.6 Å². The van der Waals surface area contributed by atoms with Gasteiger partial charge in [0.1, 0.15) is 5.82 Å². The highest BCUT2D eigenvalue weighted by atomic mass is 19.1. The minimum absolute atomic E-state index is 0.188. The van der Waals surface area contributed by atoms with E-state index in [0.717, 1.165) is 70.0 Å². The number of nitrogens with one attached hydrogen (secondary N) is 1. The molecule has 154 valence electrons. The van der Waals surface area contributed by atoms with Crippen LogP contribution in [0.25, 0.3) is 0 Å². The normalized spacial score (nSPS) is 27.2. The smallest absolute Gasteiger partial charge is 0.225 e. The molecule has 1 heterocycles. The number of amides is 1. The molecule has 5 heteroatoms. The van der Waals surface area contributed by atoms with Crippen LogP contribution in [0.1, 0.15) is 56.9 Å². The Morgan fingerprint density at radius 2 is 1.57 bits per heavy atom. The Morgan fingerprint density at radius 3 is 2.21 bits per heavy atom. The molecule has 1 saturated heterocycles. The number of nitrogens with zero attached hydrogens (tertiary/aromatic N) is 2. The first kappa shape index (κ1) is 19.8. The minimum atomic E-state index is -0.188. The fourth-order valence-electron chi connectivity index (χ4n) is 5.24. The largest absolute Gasteiger partial charge is 0.340 e. The molecule has 4 rings (SSSR count). The van der Waals surface area contributed by atoms with Gasteiger partial charge in [-0.25, -0.2) is 4.39 Å². The Balaban J connectivity index is 1.17. The lowest BCUT2D eigenvalue weighted by molar-refractivity contribution is -0.138. The summed E-state index contributed by atoms with van der Waals surface area (Å²) in [6.45, 7) is 4.72. The van der Waals surface area contributed by atoms with Gasteiger partial charge in [-0.05, 0) is 56.2 Å². The van der Waals surface area contributed by atoms with Crippen LogP contribution in [-0.4, -0.2) is 54.0 Å². The van der Waals surface area contributed by atoms with Gasteiger partial charge in [0, 0.05) is 50.7 Å². The molecule has 0 unspecified atom stereocenters. The highest BCUT2D eigenvalue weighted by Crippen LogP contribution is 2.28. The second kappa shape index (κ2) is 9.36. The van der Waals surface area contributed by atoms with E-state index < -0.39 is 0 Å². The van der Waals surface area contributed by atoms with Gasteiger partial charge >= 0.3 is 0 Å². The molecule has 1 aromatic rings. The van der Waals surface area contributed by atoms with E-state index in [9.17, 15) is 9.18 Å². The molecule has 1 N–H and O–H groups in total. The predicted molar refractivity (Wildman–Crippen MR) is 109 cm³/mol. The zero-order valence-corrected chi connectivity index (χ0v) is 16.9. The van der Waals surface area contributed by atoms with Crippen LogP contribution in [0.15, 0.2) is 24.3 Å². The van der Waals surface area contributed by atoms with Gasteiger partial charge in [0.05, 0.1) is 0 Å². The SMILES string of the molecule is O=C(C1CCC(NCc2ccc(F)cc2)CC1)N1CCN(C2CCCC2)CC1. The Labute approximate surface area is 168 Å². The second-order valence-electron chi connectivity index (χ2n) is 8.86. The average Bonchev–Trinajstić information content (AvgIpc) is 3.28. The van der Waals surface area contributed by atoms with Crippen molar-refractivity contribution < 1.29 is 9.18 Å². The van der Waals surface area contributed by atoms with Gasteiger partial charge in [-0.1, -0.05) is 25.0 Å². The summed E-state index contributed by atoms with van der Waals surface area (Å²) in [7, 11) is 0. The molecule has 0 spiro atoms. The standard InChI is InChI=1S/C23H34FN3O/c24-20-9-5-18(6-10-20)17-25-21-11-7-19(8-12-21)23(28)27-15-13-26(14-16-27)22-3-1-2-4-22/h5-6,9-10,19,21-22,25H,1-4,7-8,11-17H2. The van der Waals surface area contributed by atoms with Crippen LogP contribution in [0.5, 0.6) is 0 Å².